The first-order valence-corrected chi connectivity index (χ1v) is 1.71. The molecule has 0 saturated heterocycles. The van der Waals surface area contributed by atoms with Crippen LogP contribution in [0, 0.1) is 10.4 Å². The Labute approximate surface area is 41.6 Å². The van der Waals surface area contributed by atoms with Crippen LogP contribution in [-0.4, -0.2) is 24.4 Å². The standard InChI is InChI=1S/C2H7N3O2/c1-4(6)3-5(2)7/h3H,1-2H3/q-2. The lowest BCUT2D eigenvalue weighted by Gasteiger charge is -2.33. The van der Waals surface area contributed by atoms with Gasteiger partial charge < -0.3 is 20.8 Å². The highest BCUT2D eigenvalue weighted by molar-refractivity contribution is 4.37. The number of hydrazine groups is 2. The Balaban J connectivity index is 2.95. The summed E-state index contributed by atoms with van der Waals surface area (Å²) in [4.78, 5) is 0. The van der Waals surface area contributed by atoms with Crippen molar-refractivity contribution in [2.24, 2.45) is 0 Å². The molecule has 0 rings (SSSR count). The van der Waals surface area contributed by atoms with E-state index in [1.807, 2.05) is 5.53 Å². The minimum atomic E-state index is 0.312. The number of rotatable bonds is 2. The fourth-order valence-corrected chi connectivity index (χ4v) is 0.198. The van der Waals surface area contributed by atoms with Crippen LogP contribution >= 0.6 is 0 Å². The molecule has 0 bridgehead atoms. The van der Waals surface area contributed by atoms with Crippen molar-refractivity contribution in [1.82, 2.24) is 15.9 Å². The molecule has 0 aromatic rings. The van der Waals surface area contributed by atoms with Crippen LogP contribution in [0.2, 0.25) is 0 Å². The third kappa shape index (κ3) is 5.80. The van der Waals surface area contributed by atoms with E-state index in [1.54, 1.807) is 0 Å². The van der Waals surface area contributed by atoms with E-state index in [0.717, 1.165) is 0 Å². The Kier molecular flexibility index (Phi) is 2.81. The van der Waals surface area contributed by atoms with Crippen LogP contribution in [0.15, 0.2) is 0 Å². The molecule has 44 valence electrons. The van der Waals surface area contributed by atoms with Crippen molar-refractivity contribution >= 4 is 0 Å². The topological polar surface area (TPSA) is 64.6 Å². The highest BCUT2D eigenvalue weighted by atomic mass is 16.6. The number of hydrogen-bond acceptors (Lipinski definition) is 5. The molecule has 0 aromatic carbocycles. The molecular formula is C2H7N3O2-2. The molecule has 0 saturated carbocycles. The molecule has 7 heavy (non-hydrogen) atoms. The molecule has 0 unspecified atom stereocenters. The summed E-state index contributed by atoms with van der Waals surface area (Å²) in [6.45, 7) is 0. The zero-order chi connectivity index (χ0) is 5.86. The van der Waals surface area contributed by atoms with Crippen molar-refractivity contribution in [1.29, 1.82) is 0 Å². The summed E-state index contributed by atoms with van der Waals surface area (Å²) in [7, 11) is 2.38. The largest absolute Gasteiger partial charge is 0.771 e. The van der Waals surface area contributed by atoms with Crippen LogP contribution in [0.5, 0.6) is 0 Å². The first-order chi connectivity index (χ1) is 3.13. The number of nitrogens with one attached hydrogen (secondary N) is 1. The molecule has 5 heteroatoms. The van der Waals surface area contributed by atoms with E-state index < -0.39 is 0 Å². The van der Waals surface area contributed by atoms with Gasteiger partial charge in [-0.1, -0.05) is 0 Å². The van der Waals surface area contributed by atoms with Crippen LogP contribution in [0.3, 0.4) is 0 Å². The smallest absolute Gasteiger partial charge is 0.0107 e. The number of hydroxylamine groups is 2. The lowest BCUT2D eigenvalue weighted by molar-refractivity contribution is 0.154. The Bertz CT molecular complexity index is 40.2. The molecule has 0 aliphatic heterocycles. The Morgan fingerprint density at radius 2 is 1.43 bits per heavy atom. The van der Waals surface area contributed by atoms with E-state index in [2.05, 4.69) is 0 Å². The van der Waals surface area contributed by atoms with E-state index in [1.165, 1.54) is 14.1 Å². The normalized spacial score (nSPS) is 11.1. The van der Waals surface area contributed by atoms with Crippen molar-refractivity contribution in [2.75, 3.05) is 14.1 Å². The van der Waals surface area contributed by atoms with Gasteiger partial charge in [0.1, 0.15) is 0 Å². The molecule has 0 spiro atoms. The monoisotopic (exact) mass is 105 g/mol. The van der Waals surface area contributed by atoms with Gasteiger partial charge in [0.2, 0.25) is 0 Å². The zero-order valence-corrected chi connectivity index (χ0v) is 4.21. The van der Waals surface area contributed by atoms with Crippen molar-refractivity contribution in [3.63, 3.8) is 0 Å². The lowest BCUT2D eigenvalue weighted by atomic mass is 11.4. The van der Waals surface area contributed by atoms with Gasteiger partial charge in [-0.15, -0.1) is 0 Å². The minimum Gasteiger partial charge on any atom is -0.771 e. The molecule has 0 radical (unpaired) electrons. The van der Waals surface area contributed by atoms with Gasteiger partial charge in [0, 0.05) is 0 Å². The van der Waals surface area contributed by atoms with Gasteiger partial charge in [-0.2, -0.15) is 0 Å². The fourth-order valence-electron chi connectivity index (χ4n) is 0.198. The third-order valence-corrected chi connectivity index (χ3v) is 0.282. The molecule has 0 heterocycles. The molecule has 1 N–H and O–H groups in total. The lowest BCUT2D eigenvalue weighted by Crippen LogP contribution is -2.38. The van der Waals surface area contributed by atoms with Gasteiger partial charge in [0.05, 0.1) is 0 Å². The average molecular weight is 105 g/mol. The van der Waals surface area contributed by atoms with E-state index >= 15 is 0 Å². The SMILES string of the molecule is CN([O-])NN(C)[O-]. The van der Waals surface area contributed by atoms with Gasteiger partial charge >= 0.3 is 0 Å². The van der Waals surface area contributed by atoms with Crippen LogP contribution in [-0.2, 0) is 0 Å². The van der Waals surface area contributed by atoms with Crippen LogP contribution in [0.1, 0.15) is 0 Å². The molecule has 0 atom stereocenters. The second-order valence-corrected chi connectivity index (χ2v) is 1.09. The predicted octanol–water partition coefficient (Wildman–Crippen LogP) is -0.735. The summed E-state index contributed by atoms with van der Waals surface area (Å²) >= 11 is 0. The molecular weight excluding hydrogens is 98.0 g/mol. The Morgan fingerprint density at radius 3 is 1.43 bits per heavy atom. The molecule has 0 fully saturated rings. The number of hydrogen-bond donors (Lipinski definition) is 1. The maximum atomic E-state index is 9.82. The molecule has 0 aliphatic rings. The minimum absolute atomic E-state index is 0.312. The summed E-state index contributed by atoms with van der Waals surface area (Å²) in [5, 5.41) is 20.3. The first-order valence-electron chi connectivity index (χ1n) is 1.71. The maximum Gasteiger partial charge on any atom is -0.0107 e. The highest BCUT2D eigenvalue weighted by Crippen LogP contribution is 1.67. The second-order valence-electron chi connectivity index (χ2n) is 1.09. The zero-order valence-electron chi connectivity index (χ0n) is 4.21. The van der Waals surface area contributed by atoms with Crippen molar-refractivity contribution < 1.29 is 0 Å². The third-order valence-electron chi connectivity index (χ3n) is 0.282. The van der Waals surface area contributed by atoms with Crippen LogP contribution < -0.4 is 5.53 Å². The average Bonchev–Trinajstić information content (AvgIpc) is 1.27. The first kappa shape index (κ1) is 6.80. The Hall–Kier alpha value is -0.200. The van der Waals surface area contributed by atoms with Gasteiger partial charge in [-0.05, 0) is 14.1 Å². The van der Waals surface area contributed by atoms with Gasteiger partial charge in [0.15, 0.2) is 0 Å². The van der Waals surface area contributed by atoms with Gasteiger partial charge in [-0.3, -0.25) is 0 Å². The van der Waals surface area contributed by atoms with Gasteiger partial charge in [-0.25, -0.2) is 5.53 Å². The maximum absolute atomic E-state index is 9.82. The summed E-state index contributed by atoms with van der Waals surface area (Å²) in [5.41, 5.74) is 1.86. The summed E-state index contributed by atoms with van der Waals surface area (Å²) in [6.07, 6.45) is 0. The molecule has 0 amide bonds. The predicted molar refractivity (Wildman–Crippen MR) is 25.4 cm³/mol. The van der Waals surface area contributed by atoms with Crippen molar-refractivity contribution in [3.05, 3.63) is 10.4 Å². The second kappa shape index (κ2) is 2.89. The van der Waals surface area contributed by atoms with Crippen molar-refractivity contribution in [3.8, 4) is 0 Å². The van der Waals surface area contributed by atoms with Crippen LogP contribution in [0.25, 0.3) is 0 Å². The van der Waals surface area contributed by atoms with E-state index in [4.69, 9.17) is 0 Å². The highest BCUT2D eigenvalue weighted by Gasteiger charge is 1.71. The fraction of sp³-hybridized carbons (Fsp3) is 1.00. The molecule has 5 nitrogen and oxygen atoms in total. The van der Waals surface area contributed by atoms with Crippen molar-refractivity contribution in [2.45, 2.75) is 0 Å². The summed E-state index contributed by atoms with van der Waals surface area (Å²) in [5.74, 6) is 0. The molecule has 0 aromatic heterocycles. The van der Waals surface area contributed by atoms with Gasteiger partial charge in [0.25, 0.3) is 0 Å². The number of nitrogens with zero attached hydrogens (tertiary/aromatic N) is 2. The van der Waals surface area contributed by atoms with E-state index in [0.29, 0.717) is 10.3 Å². The summed E-state index contributed by atoms with van der Waals surface area (Å²) in [6, 6.07) is 0. The van der Waals surface area contributed by atoms with Crippen LogP contribution in [0.4, 0.5) is 0 Å². The van der Waals surface area contributed by atoms with E-state index in [9.17, 15) is 10.4 Å². The Morgan fingerprint density at radius 1 is 1.14 bits per heavy atom. The molecule has 0 aliphatic carbocycles. The van der Waals surface area contributed by atoms with E-state index in [-0.39, 0.29) is 0 Å². The summed E-state index contributed by atoms with van der Waals surface area (Å²) < 4.78 is 0. The quantitative estimate of drug-likeness (QED) is 0.469.